The Morgan fingerprint density at radius 2 is 2.04 bits per heavy atom. The second-order valence-corrected chi connectivity index (χ2v) is 8.41. The minimum Gasteiger partial charge on any atom is -0.381 e. The number of benzene rings is 1. The van der Waals surface area contributed by atoms with E-state index in [2.05, 4.69) is 10.8 Å². The van der Waals surface area contributed by atoms with E-state index in [9.17, 15) is 8.42 Å². The lowest BCUT2D eigenvalue weighted by molar-refractivity contribution is 0.185. The minimum absolute atomic E-state index is 0.152. The predicted octanol–water partition coefficient (Wildman–Crippen LogP) is 2.28. The van der Waals surface area contributed by atoms with Gasteiger partial charge >= 0.3 is 0 Å². The van der Waals surface area contributed by atoms with Crippen molar-refractivity contribution in [2.24, 2.45) is 5.92 Å². The lowest BCUT2D eigenvalue weighted by Crippen LogP contribution is -2.51. The van der Waals surface area contributed by atoms with Gasteiger partial charge in [-0.15, -0.1) is 0 Å². The van der Waals surface area contributed by atoms with Gasteiger partial charge in [0, 0.05) is 13.2 Å². The van der Waals surface area contributed by atoms with Crippen molar-refractivity contribution in [2.45, 2.75) is 37.6 Å². The van der Waals surface area contributed by atoms with Crippen LogP contribution in [0.4, 0.5) is 0 Å². The zero-order valence-corrected chi connectivity index (χ0v) is 13.9. The first-order valence-corrected chi connectivity index (χ1v) is 9.78. The molecule has 124 valence electrons. The van der Waals surface area contributed by atoms with E-state index in [1.165, 1.54) is 0 Å². The third kappa shape index (κ3) is 3.74. The first kappa shape index (κ1) is 16.4. The van der Waals surface area contributed by atoms with Crippen LogP contribution in [0.2, 0.25) is 0 Å². The van der Waals surface area contributed by atoms with Crippen molar-refractivity contribution in [3.63, 3.8) is 0 Å². The van der Waals surface area contributed by atoms with Crippen LogP contribution < -0.4 is 4.72 Å². The first-order valence-electron chi connectivity index (χ1n) is 8.13. The number of hydrogen-bond donors (Lipinski definition) is 1. The highest BCUT2D eigenvalue weighted by Gasteiger charge is 2.41. The summed E-state index contributed by atoms with van der Waals surface area (Å²) in [6.07, 6.45) is 4.24. The highest BCUT2D eigenvalue weighted by atomic mass is 32.2. The summed E-state index contributed by atoms with van der Waals surface area (Å²) >= 11 is 0. The van der Waals surface area contributed by atoms with Crippen LogP contribution in [-0.2, 0) is 20.3 Å². The number of nitriles is 1. The van der Waals surface area contributed by atoms with Crippen molar-refractivity contribution in [3.05, 3.63) is 35.4 Å². The minimum atomic E-state index is -3.32. The van der Waals surface area contributed by atoms with Crippen molar-refractivity contribution >= 4 is 10.0 Å². The van der Waals surface area contributed by atoms with Crippen LogP contribution >= 0.6 is 0 Å². The quantitative estimate of drug-likeness (QED) is 0.865. The number of nitrogens with zero attached hydrogens (tertiary/aromatic N) is 1. The van der Waals surface area contributed by atoms with Crippen LogP contribution in [0.5, 0.6) is 0 Å². The monoisotopic (exact) mass is 334 g/mol. The molecule has 2 aliphatic rings. The van der Waals surface area contributed by atoms with Gasteiger partial charge in [0.2, 0.25) is 10.0 Å². The third-order valence-electron chi connectivity index (χ3n) is 4.94. The molecule has 0 amide bonds. The molecular weight excluding hydrogens is 312 g/mol. The summed E-state index contributed by atoms with van der Waals surface area (Å²) in [5.74, 6) is 0.512. The Bertz CT molecular complexity index is 682. The van der Waals surface area contributed by atoms with Gasteiger partial charge in [-0.3, -0.25) is 0 Å². The molecule has 0 aromatic heterocycles. The SMILES string of the molecule is N#Cc1ccc(C2(NS(=O)(=O)CCC3CCOC3)CCC2)cc1. The van der Waals surface area contributed by atoms with Crippen LogP contribution in [0.25, 0.3) is 0 Å². The van der Waals surface area contributed by atoms with Gasteiger partial charge in [0.05, 0.1) is 22.9 Å². The molecule has 1 heterocycles. The van der Waals surface area contributed by atoms with Gasteiger partial charge in [0.15, 0.2) is 0 Å². The van der Waals surface area contributed by atoms with Crippen molar-refractivity contribution in [2.75, 3.05) is 19.0 Å². The molecule has 1 aromatic carbocycles. The van der Waals surface area contributed by atoms with Gasteiger partial charge in [-0.05, 0) is 55.7 Å². The fourth-order valence-electron chi connectivity index (χ4n) is 3.33. The topological polar surface area (TPSA) is 79.2 Å². The largest absolute Gasteiger partial charge is 0.381 e. The number of nitrogens with one attached hydrogen (secondary N) is 1. The maximum Gasteiger partial charge on any atom is 0.212 e. The molecule has 1 N–H and O–H groups in total. The number of sulfonamides is 1. The summed E-state index contributed by atoms with van der Waals surface area (Å²) in [6, 6.07) is 9.32. The Hall–Kier alpha value is -1.42. The summed E-state index contributed by atoms with van der Waals surface area (Å²) in [5, 5.41) is 8.89. The zero-order valence-electron chi connectivity index (χ0n) is 13.1. The molecule has 0 bridgehead atoms. The molecule has 0 spiro atoms. The van der Waals surface area contributed by atoms with E-state index in [1.54, 1.807) is 12.1 Å². The summed E-state index contributed by atoms with van der Waals surface area (Å²) in [7, 11) is -3.32. The van der Waals surface area contributed by atoms with Crippen LogP contribution in [-0.4, -0.2) is 27.4 Å². The molecule has 1 unspecified atom stereocenters. The Balaban J connectivity index is 1.68. The van der Waals surface area contributed by atoms with Crippen LogP contribution in [0.3, 0.4) is 0 Å². The highest BCUT2D eigenvalue weighted by molar-refractivity contribution is 7.89. The van der Waals surface area contributed by atoms with E-state index in [1.807, 2.05) is 12.1 Å². The average Bonchev–Trinajstić information content (AvgIpc) is 3.03. The second-order valence-electron chi connectivity index (χ2n) is 6.56. The number of rotatable bonds is 6. The van der Waals surface area contributed by atoms with Crippen molar-refractivity contribution in [3.8, 4) is 6.07 Å². The number of ether oxygens (including phenoxy) is 1. The predicted molar refractivity (Wildman–Crippen MR) is 87.2 cm³/mol. The molecule has 5 nitrogen and oxygen atoms in total. The zero-order chi connectivity index (χ0) is 16.3. The lowest BCUT2D eigenvalue weighted by atomic mass is 9.72. The Morgan fingerprint density at radius 1 is 1.30 bits per heavy atom. The standard InChI is InChI=1S/C17H22N2O3S/c18-12-14-2-4-16(5-3-14)17(8-1-9-17)19-23(20,21)11-7-15-6-10-22-13-15/h2-5,15,19H,1,6-11,13H2. The lowest BCUT2D eigenvalue weighted by Gasteiger charge is -2.42. The molecule has 3 rings (SSSR count). The number of hydrogen-bond acceptors (Lipinski definition) is 4. The summed E-state index contributed by atoms with van der Waals surface area (Å²) in [6.45, 7) is 1.42. The maximum atomic E-state index is 12.5. The normalized spacial score (nSPS) is 23.2. The smallest absolute Gasteiger partial charge is 0.212 e. The van der Waals surface area contributed by atoms with Crippen LogP contribution in [0, 0.1) is 17.2 Å². The molecular formula is C17H22N2O3S. The third-order valence-corrected chi connectivity index (χ3v) is 6.42. The molecule has 1 aliphatic heterocycles. The molecule has 1 saturated carbocycles. The van der Waals surface area contributed by atoms with Crippen molar-refractivity contribution in [1.82, 2.24) is 4.72 Å². The van der Waals surface area contributed by atoms with Gasteiger partial charge < -0.3 is 4.74 Å². The molecule has 6 heteroatoms. The maximum absolute atomic E-state index is 12.5. The molecule has 1 aromatic rings. The van der Waals surface area contributed by atoms with E-state index in [0.29, 0.717) is 24.5 Å². The van der Waals surface area contributed by atoms with Gasteiger partial charge in [-0.1, -0.05) is 12.1 Å². The Labute approximate surface area is 137 Å². The molecule has 23 heavy (non-hydrogen) atoms. The second kappa shape index (κ2) is 6.60. The van der Waals surface area contributed by atoms with E-state index < -0.39 is 15.6 Å². The van der Waals surface area contributed by atoms with Crippen LogP contribution in [0.1, 0.15) is 43.2 Å². The van der Waals surface area contributed by atoms with Crippen LogP contribution in [0.15, 0.2) is 24.3 Å². The average molecular weight is 334 g/mol. The molecule has 1 atom stereocenters. The van der Waals surface area contributed by atoms with E-state index in [4.69, 9.17) is 10.00 Å². The van der Waals surface area contributed by atoms with Gasteiger partial charge in [-0.25, -0.2) is 13.1 Å². The molecule has 1 saturated heterocycles. The molecule has 0 radical (unpaired) electrons. The Kier molecular flexibility index (Phi) is 4.72. The van der Waals surface area contributed by atoms with Crippen molar-refractivity contribution < 1.29 is 13.2 Å². The van der Waals surface area contributed by atoms with Crippen molar-refractivity contribution in [1.29, 1.82) is 5.26 Å². The fraction of sp³-hybridized carbons (Fsp3) is 0.588. The van der Waals surface area contributed by atoms with Gasteiger partial charge in [0.1, 0.15) is 0 Å². The van der Waals surface area contributed by atoms with Gasteiger partial charge in [0.25, 0.3) is 0 Å². The summed E-state index contributed by atoms with van der Waals surface area (Å²) in [4.78, 5) is 0. The highest BCUT2D eigenvalue weighted by Crippen LogP contribution is 2.42. The van der Waals surface area contributed by atoms with E-state index in [0.717, 1.165) is 37.9 Å². The first-order chi connectivity index (χ1) is 11.0. The fourth-order valence-corrected chi connectivity index (χ4v) is 4.99. The Morgan fingerprint density at radius 3 is 2.57 bits per heavy atom. The molecule has 1 aliphatic carbocycles. The summed E-state index contributed by atoms with van der Waals surface area (Å²) in [5.41, 5.74) is 1.06. The molecule has 2 fully saturated rings. The van der Waals surface area contributed by atoms with E-state index in [-0.39, 0.29) is 5.75 Å². The summed E-state index contributed by atoms with van der Waals surface area (Å²) < 4.78 is 33.2. The van der Waals surface area contributed by atoms with Gasteiger partial charge in [-0.2, -0.15) is 5.26 Å². The van der Waals surface area contributed by atoms with E-state index >= 15 is 0 Å².